The normalized spacial score (nSPS) is 7.78. The molecule has 0 bridgehead atoms. The SMILES string of the molecule is O=[PH](O)O.O=[PH](O)O.[Nd]. The first-order valence-corrected chi connectivity index (χ1v) is 3.91. The largest absolute Gasteiger partial charge is 0.326 e. The summed E-state index contributed by atoms with van der Waals surface area (Å²) in [7, 11) is -6.26. The zero-order chi connectivity index (χ0) is 7.15. The van der Waals surface area contributed by atoms with E-state index in [-0.39, 0.29) is 40.8 Å². The predicted octanol–water partition coefficient (Wildman–Crippen LogP) is -1.28. The number of rotatable bonds is 0. The molecule has 0 rings (SSSR count). The molecule has 0 atom stereocenters. The van der Waals surface area contributed by atoms with Gasteiger partial charge in [0.1, 0.15) is 0 Å². The van der Waals surface area contributed by atoms with Crippen LogP contribution in [0, 0.1) is 40.8 Å². The van der Waals surface area contributed by atoms with Crippen molar-refractivity contribution in [3.05, 3.63) is 0 Å². The van der Waals surface area contributed by atoms with Crippen LogP contribution in [0.3, 0.4) is 0 Å². The Hall–Kier alpha value is 1.65. The number of hydrogen-bond donors (Lipinski definition) is 4. The van der Waals surface area contributed by atoms with Crippen molar-refractivity contribution in [2.75, 3.05) is 0 Å². The Morgan fingerprint density at radius 2 is 0.778 bits per heavy atom. The van der Waals surface area contributed by atoms with Crippen molar-refractivity contribution < 1.29 is 69.5 Å². The van der Waals surface area contributed by atoms with Crippen LogP contribution in [-0.2, 0) is 9.13 Å². The molecule has 0 spiro atoms. The third kappa shape index (κ3) is 207. The van der Waals surface area contributed by atoms with Crippen molar-refractivity contribution in [1.29, 1.82) is 0 Å². The molecule has 4 N–H and O–H groups in total. The van der Waals surface area contributed by atoms with Gasteiger partial charge in [0, 0.05) is 40.8 Å². The van der Waals surface area contributed by atoms with Gasteiger partial charge in [0.15, 0.2) is 0 Å². The van der Waals surface area contributed by atoms with Gasteiger partial charge in [0.25, 0.3) is 0 Å². The molecular weight excluding hydrogens is 302 g/mol. The first-order valence-electron chi connectivity index (χ1n) is 1.30. The van der Waals surface area contributed by atoms with Gasteiger partial charge in [-0.3, -0.25) is 9.13 Å². The van der Waals surface area contributed by atoms with Crippen molar-refractivity contribution >= 4 is 16.5 Å². The van der Waals surface area contributed by atoms with E-state index in [4.69, 9.17) is 28.7 Å². The van der Waals surface area contributed by atoms with Crippen LogP contribution < -0.4 is 0 Å². The van der Waals surface area contributed by atoms with Gasteiger partial charge in [0.2, 0.25) is 0 Å². The molecule has 0 radical (unpaired) electrons. The molecular formula is H6NdO6P2. The van der Waals surface area contributed by atoms with Crippen LogP contribution in [0.2, 0.25) is 0 Å². The molecule has 0 aromatic rings. The summed E-state index contributed by atoms with van der Waals surface area (Å²) in [6.45, 7) is 0. The molecule has 0 saturated heterocycles. The molecule has 0 unspecified atom stereocenters. The Balaban J connectivity index is -0.0000000720. The molecule has 0 aliphatic heterocycles. The van der Waals surface area contributed by atoms with Gasteiger partial charge in [-0.1, -0.05) is 0 Å². The average molecular weight is 308 g/mol. The standard InChI is InChI=1S/Nd.2H3O3P/c;2*1-4(2)3/h;2*4H,(H2,1,2,3). The first-order chi connectivity index (χ1) is 3.46. The maximum Gasteiger partial charge on any atom is 0.314 e. The van der Waals surface area contributed by atoms with Crippen LogP contribution in [0.25, 0.3) is 0 Å². The first kappa shape index (κ1) is 16.9. The summed E-state index contributed by atoms with van der Waals surface area (Å²) in [4.78, 5) is 28.6. The summed E-state index contributed by atoms with van der Waals surface area (Å²) < 4.78 is 17.5. The fourth-order valence-electron chi connectivity index (χ4n) is 0. The van der Waals surface area contributed by atoms with Crippen LogP contribution >= 0.6 is 16.5 Å². The molecule has 0 aromatic heterocycles. The van der Waals surface area contributed by atoms with Gasteiger partial charge in [-0.2, -0.15) is 0 Å². The Labute approximate surface area is 85.3 Å². The molecule has 0 aliphatic rings. The van der Waals surface area contributed by atoms with Crippen molar-refractivity contribution in [2.45, 2.75) is 0 Å². The van der Waals surface area contributed by atoms with Crippen molar-refractivity contribution in [1.82, 2.24) is 0 Å². The van der Waals surface area contributed by atoms with Gasteiger partial charge in [-0.15, -0.1) is 0 Å². The molecule has 0 amide bonds. The van der Waals surface area contributed by atoms with E-state index >= 15 is 0 Å². The molecule has 9 heavy (non-hydrogen) atoms. The van der Waals surface area contributed by atoms with E-state index in [2.05, 4.69) is 0 Å². The van der Waals surface area contributed by atoms with Crippen molar-refractivity contribution in [3.8, 4) is 0 Å². The Morgan fingerprint density at radius 1 is 0.778 bits per heavy atom. The maximum atomic E-state index is 8.74. The van der Waals surface area contributed by atoms with Crippen molar-refractivity contribution in [3.63, 3.8) is 0 Å². The summed E-state index contributed by atoms with van der Waals surface area (Å²) in [5.41, 5.74) is 0. The summed E-state index contributed by atoms with van der Waals surface area (Å²) in [5.74, 6) is 0. The molecule has 0 aliphatic carbocycles. The summed E-state index contributed by atoms with van der Waals surface area (Å²) in [5, 5.41) is 0. The van der Waals surface area contributed by atoms with E-state index in [0.29, 0.717) is 0 Å². The summed E-state index contributed by atoms with van der Waals surface area (Å²) in [6, 6.07) is 0. The zero-order valence-electron chi connectivity index (χ0n) is 4.11. The predicted molar refractivity (Wildman–Crippen MR) is 26.9 cm³/mol. The van der Waals surface area contributed by atoms with Crippen LogP contribution in [0.15, 0.2) is 0 Å². The third-order valence-corrected chi connectivity index (χ3v) is 0. The second-order valence-electron chi connectivity index (χ2n) is 0.565. The smallest absolute Gasteiger partial charge is 0.314 e. The Bertz CT molecular complexity index is 69.1. The van der Waals surface area contributed by atoms with Gasteiger partial charge in [0.05, 0.1) is 0 Å². The topological polar surface area (TPSA) is 115 Å². The number of hydrogen-bond acceptors (Lipinski definition) is 2. The minimum absolute atomic E-state index is 0. The second-order valence-corrected chi connectivity index (χ2v) is 1.70. The van der Waals surface area contributed by atoms with Crippen molar-refractivity contribution in [2.24, 2.45) is 0 Å². The Kier molecular flexibility index (Phi) is 23.2. The molecule has 0 fully saturated rings. The Morgan fingerprint density at radius 3 is 0.778 bits per heavy atom. The van der Waals surface area contributed by atoms with E-state index in [9.17, 15) is 0 Å². The van der Waals surface area contributed by atoms with E-state index in [1.807, 2.05) is 0 Å². The summed E-state index contributed by atoms with van der Waals surface area (Å²) >= 11 is 0. The van der Waals surface area contributed by atoms with E-state index in [1.165, 1.54) is 0 Å². The van der Waals surface area contributed by atoms with Crippen LogP contribution in [0.4, 0.5) is 0 Å². The second kappa shape index (κ2) is 12.3. The fraction of sp³-hybridized carbons (Fsp3) is 0. The van der Waals surface area contributed by atoms with Gasteiger partial charge >= 0.3 is 16.5 Å². The molecule has 0 aromatic carbocycles. The molecule has 0 heterocycles. The maximum absolute atomic E-state index is 8.74. The van der Waals surface area contributed by atoms with Crippen LogP contribution in [0.1, 0.15) is 0 Å². The van der Waals surface area contributed by atoms with Gasteiger partial charge in [-0.05, 0) is 0 Å². The third-order valence-electron chi connectivity index (χ3n) is 0. The molecule has 6 nitrogen and oxygen atoms in total. The minimum atomic E-state index is -3.13. The zero-order valence-corrected chi connectivity index (χ0v) is 9.31. The van der Waals surface area contributed by atoms with E-state index < -0.39 is 16.5 Å². The van der Waals surface area contributed by atoms with Crippen LogP contribution in [-0.4, -0.2) is 19.6 Å². The van der Waals surface area contributed by atoms with Gasteiger partial charge in [-0.25, -0.2) is 0 Å². The van der Waals surface area contributed by atoms with Gasteiger partial charge < -0.3 is 19.6 Å². The van der Waals surface area contributed by atoms with E-state index in [1.54, 1.807) is 0 Å². The quantitative estimate of drug-likeness (QED) is 0.414. The summed E-state index contributed by atoms with van der Waals surface area (Å²) in [6.07, 6.45) is 0. The van der Waals surface area contributed by atoms with E-state index in [0.717, 1.165) is 0 Å². The molecule has 0 saturated carbocycles. The van der Waals surface area contributed by atoms with Crippen LogP contribution in [0.5, 0.6) is 0 Å². The minimum Gasteiger partial charge on any atom is -0.326 e. The average Bonchev–Trinajstić information content (AvgIpc) is 1.25. The monoisotopic (exact) mass is 306 g/mol. The fourth-order valence-corrected chi connectivity index (χ4v) is 0. The molecule has 56 valence electrons. The molecule has 9 heteroatoms.